The second kappa shape index (κ2) is 5.44. The smallest absolute Gasteiger partial charge is 0.0391 e. The Kier molecular flexibility index (Phi) is 3.93. The topological polar surface area (TPSA) is 29.3 Å². The zero-order valence-electron chi connectivity index (χ0n) is 11.1. The first kappa shape index (κ1) is 12.3. The van der Waals surface area contributed by atoms with E-state index in [0.29, 0.717) is 0 Å². The summed E-state index contributed by atoms with van der Waals surface area (Å²) in [5.74, 6) is 0. The van der Waals surface area contributed by atoms with E-state index in [4.69, 9.17) is 5.73 Å². The van der Waals surface area contributed by atoms with Crippen LogP contribution in [-0.4, -0.2) is 12.6 Å². The number of nitrogens with two attached hydrogens (primary N) is 1. The summed E-state index contributed by atoms with van der Waals surface area (Å²) in [4.78, 5) is 2.53. The maximum atomic E-state index is 5.95. The molecule has 0 saturated heterocycles. The Bertz CT molecular complexity index is 347. The van der Waals surface area contributed by atoms with Crippen LogP contribution in [0, 0.1) is 6.92 Å². The van der Waals surface area contributed by atoms with Gasteiger partial charge in [-0.25, -0.2) is 0 Å². The quantitative estimate of drug-likeness (QED) is 0.804. The van der Waals surface area contributed by atoms with Crippen LogP contribution in [0.25, 0.3) is 0 Å². The molecular weight excluding hydrogens is 208 g/mol. The fourth-order valence-electron chi connectivity index (χ4n) is 3.00. The SMILES string of the molecule is CCN(c1cc(C)cc(N)c1)C1CCCCC1. The third-order valence-corrected chi connectivity index (χ3v) is 3.77. The predicted octanol–water partition coefficient (Wildman–Crippen LogP) is 3.74. The van der Waals surface area contributed by atoms with Gasteiger partial charge < -0.3 is 10.6 Å². The van der Waals surface area contributed by atoms with E-state index in [1.807, 2.05) is 6.07 Å². The van der Waals surface area contributed by atoms with E-state index in [1.165, 1.54) is 43.4 Å². The lowest BCUT2D eigenvalue weighted by molar-refractivity contribution is 0.418. The van der Waals surface area contributed by atoms with Crippen LogP contribution >= 0.6 is 0 Å². The molecule has 17 heavy (non-hydrogen) atoms. The molecule has 0 spiro atoms. The van der Waals surface area contributed by atoms with Gasteiger partial charge >= 0.3 is 0 Å². The second-order valence-corrected chi connectivity index (χ2v) is 5.18. The molecule has 2 heteroatoms. The Hall–Kier alpha value is -1.18. The van der Waals surface area contributed by atoms with Crippen molar-refractivity contribution >= 4 is 11.4 Å². The van der Waals surface area contributed by atoms with Crippen molar-refractivity contribution in [1.29, 1.82) is 0 Å². The molecule has 1 saturated carbocycles. The molecule has 2 rings (SSSR count). The highest BCUT2D eigenvalue weighted by atomic mass is 15.2. The van der Waals surface area contributed by atoms with Gasteiger partial charge in [0.05, 0.1) is 0 Å². The molecule has 1 fully saturated rings. The van der Waals surface area contributed by atoms with Gasteiger partial charge in [0.1, 0.15) is 0 Å². The third kappa shape index (κ3) is 2.93. The first-order valence-electron chi connectivity index (χ1n) is 6.84. The van der Waals surface area contributed by atoms with Crippen LogP contribution in [0.3, 0.4) is 0 Å². The van der Waals surface area contributed by atoms with Crippen molar-refractivity contribution in [2.45, 2.75) is 52.0 Å². The molecule has 0 heterocycles. The third-order valence-electron chi connectivity index (χ3n) is 3.77. The highest BCUT2D eigenvalue weighted by molar-refractivity contribution is 5.58. The van der Waals surface area contributed by atoms with Crippen molar-refractivity contribution in [3.63, 3.8) is 0 Å². The Morgan fingerprint density at radius 2 is 1.88 bits per heavy atom. The van der Waals surface area contributed by atoms with Gasteiger partial charge in [0.25, 0.3) is 0 Å². The van der Waals surface area contributed by atoms with Crippen LogP contribution in [-0.2, 0) is 0 Å². The molecule has 94 valence electrons. The van der Waals surface area contributed by atoms with Crippen molar-refractivity contribution in [3.8, 4) is 0 Å². The zero-order chi connectivity index (χ0) is 12.3. The number of nitrogen functional groups attached to an aromatic ring is 1. The van der Waals surface area contributed by atoms with Gasteiger partial charge in [-0.3, -0.25) is 0 Å². The Morgan fingerprint density at radius 1 is 1.18 bits per heavy atom. The average molecular weight is 232 g/mol. The molecule has 0 atom stereocenters. The van der Waals surface area contributed by atoms with Gasteiger partial charge in [0.15, 0.2) is 0 Å². The van der Waals surface area contributed by atoms with Crippen LogP contribution in [0.1, 0.15) is 44.6 Å². The Labute approximate surface area is 105 Å². The molecule has 0 amide bonds. The number of nitrogens with zero attached hydrogens (tertiary/aromatic N) is 1. The van der Waals surface area contributed by atoms with Crippen molar-refractivity contribution in [3.05, 3.63) is 23.8 Å². The fourth-order valence-corrected chi connectivity index (χ4v) is 3.00. The maximum absolute atomic E-state index is 5.95. The summed E-state index contributed by atoms with van der Waals surface area (Å²) in [6, 6.07) is 7.13. The van der Waals surface area contributed by atoms with Gasteiger partial charge in [0, 0.05) is 24.0 Å². The van der Waals surface area contributed by atoms with Crippen molar-refractivity contribution in [2.24, 2.45) is 0 Å². The number of anilines is 2. The fraction of sp³-hybridized carbons (Fsp3) is 0.600. The summed E-state index contributed by atoms with van der Waals surface area (Å²) in [7, 11) is 0. The summed E-state index contributed by atoms with van der Waals surface area (Å²) in [5.41, 5.74) is 9.40. The van der Waals surface area contributed by atoms with Gasteiger partial charge in [-0.05, 0) is 50.5 Å². The molecule has 1 aliphatic rings. The van der Waals surface area contributed by atoms with E-state index >= 15 is 0 Å². The highest BCUT2D eigenvalue weighted by Crippen LogP contribution is 2.29. The van der Waals surface area contributed by atoms with E-state index in [1.54, 1.807) is 0 Å². The molecular formula is C15H24N2. The molecule has 1 aromatic carbocycles. The van der Waals surface area contributed by atoms with Crippen molar-refractivity contribution < 1.29 is 0 Å². The summed E-state index contributed by atoms with van der Waals surface area (Å²) in [5, 5.41) is 0. The van der Waals surface area contributed by atoms with E-state index in [2.05, 4.69) is 30.9 Å². The van der Waals surface area contributed by atoms with Crippen LogP contribution in [0.4, 0.5) is 11.4 Å². The lowest BCUT2D eigenvalue weighted by Gasteiger charge is -2.35. The van der Waals surface area contributed by atoms with Crippen LogP contribution < -0.4 is 10.6 Å². The van der Waals surface area contributed by atoms with Crippen LogP contribution in [0.5, 0.6) is 0 Å². The maximum Gasteiger partial charge on any atom is 0.0391 e. The molecule has 1 aliphatic carbocycles. The number of benzene rings is 1. The molecule has 0 bridgehead atoms. The minimum atomic E-state index is 0.718. The van der Waals surface area contributed by atoms with Crippen LogP contribution in [0.15, 0.2) is 18.2 Å². The van der Waals surface area contributed by atoms with E-state index in [9.17, 15) is 0 Å². The van der Waals surface area contributed by atoms with E-state index in [0.717, 1.165) is 18.3 Å². The van der Waals surface area contributed by atoms with Gasteiger partial charge in [-0.1, -0.05) is 19.3 Å². The van der Waals surface area contributed by atoms with E-state index < -0.39 is 0 Å². The summed E-state index contributed by atoms with van der Waals surface area (Å²) in [6.45, 7) is 5.44. The summed E-state index contributed by atoms with van der Waals surface area (Å²) >= 11 is 0. The molecule has 0 radical (unpaired) electrons. The van der Waals surface area contributed by atoms with Crippen LogP contribution in [0.2, 0.25) is 0 Å². The number of hydrogen-bond acceptors (Lipinski definition) is 2. The summed E-state index contributed by atoms with van der Waals surface area (Å²) < 4.78 is 0. The van der Waals surface area contributed by atoms with Crippen molar-refractivity contribution in [1.82, 2.24) is 0 Å². The molecule has 2 nitrogen and oxygen atoms in total. The minimum Gasteiger partial charge on any atom is -0.399 e. The predicted molar refractivity (Wildman–Crippen MR) is 75.5 cm³/mol. The normalized spacial score (nSPS) is 17.1. The molecule has 0 unspecified atom stereocenters. The molecule has 0 aromatic heterocycles. The molecule has 2 N–H and O–H groups in total. The largest absolute Gasteiger partial charge is 0.399 e. The highest BCUT2D eigenvalue weighted by Gasteiger charge is 2.20. The first-order valence-corrected chi connectivity index (χ1v) is 6.84. The van der Waals surface area contributed by atoms with Gasteiger partial charge in [0.2, 0.25) is 0 Å². The average Bonchev–Trinajstić information content (AvgIpc) is 2.30. The number of hydrogen-bond donors (Lipinski definition) is 1. The van der Waals surface area contributed by atoms with Gasteiger partial charge in [-0.2, -0.15) is 0 Å². The Morgan fingerprint density at radius 3 is 2.47 bits per heavy atom. The lowest BCUT2D eigenvalue weighted by atomic mass is 9.93. The molecule has 1 aromatic rings. The number of aryl methyl sites for hydroxylation is 1. The monoisotopic (exact) mass is 232 g/mol. The van der Waals surface area contributed by atoms with E-state index in [-0.39, 0.29) is 0 Å². The number of rotatable bonds is 3. The van der Waals surface area contributed by atoms with Gasteiger partial charge in [-0.15, -0.1) is 0 Å². The molecule has 0 aliphatic heterocycles. The van der Waals surface area contributed by atoms with Crippen molar-refractivity contribution in [2.75, 3.05) is 17.2 Å². The zero-order valence-corrected chi connectivity index (χ0v) is 11.1. The standard InChI is InChI=1S/C15H24N2/c1-3-17(14-7-5-4-6-8-14)15-10-12(2)9-13(16)11-15/h9-11,14H,3-8,16H2,1-2H3. The second-order valence-electron chi connectivity index (χ2n) is 5.18. The lowest BCUT2D eigenvalue weighted by Crippen LogP contribution is -2.36. The minimum absolute atomic E-state index is 0.718. The summed E-state index contributed by atoms with van der Waals surface area (Å²) in [6.07, 6.45) is 6.83. The first-order chi connectivity index (χ1) is 8.20. The Balaban J connectivity index is 2.21.